The molecule has 4 heterocycles. The van der Waals surface area contributed by atoms with Gasteiger partial charge in [0, 0.05) is 71.8 Å². The van der Waals surface area contributed by atoms with Gasteiger partial charge >= 0.3 is 0 Å². The Morgan fingerprint density at radius 3 is 1.13 bits per heavy atom. The molecule has 356 valence electrons. The van der Waals surface area contributed by atoms with E-state index >= 15 is 0 Å². The monoisotopic (exact) mass is 971 g/mol. The van der Waals surface area contributed by atoms with E-state index < -0.39 is 0 Å². The summed E-state index contributed by atoms with van der Waals surface area (Å²) in [5, 5.41) is 7.09. The average Bonchev–Trinajstić information content (AvgIpc) is 4.22. The van der Waals surface area contributed by atoms with Gasteiger partial charge in [0.2, 0.25) is 0 Å². The maximum absolute atomic E-state index is 5.51. The van der Waals surface area contributed by atoms with Crippen LogP contribution in [0.15, 0.2) is 273 Å². The van der Waals surface area contributed by atoms with Gasteiger partial charge in [-0.1, -0.05) is 164 Å². The van der Waals surface area contributed by atoms with Crippen molar-refractivity contribution >= 4 is 82.5 Å². The Balaban J connectivity index is 0.913. The third-order valence-corrected chi connectivity index (χ3v) is 14.9. The number of nitrogens with zero attached hydrogens (tertiary/aromatic N) is 7. The van der Waals surface area contributed by atoms with Crippen LogP contribution in [0.2, 0.25) is 0 Å². The highest BCUT2D eigenvalue weighted by molar-refractivity contribution is 6.13. The van der Waals surface area contributed by atoms with Gasteiger partial charge in [0.05, 0.1) is 44.5 Å². The van der Waals surface area contributed by atoms with Gasteiger partial charge in [0.25, 0.3) is 0 Å². The molecule has 0 radical (unpaired) electrons. The predicted molar refractivity (Wildman–Crippen MR) is 314 cm³/mol. The first kappa shape index (κ1) is 43.2. The van der Waals surface area contributed by atoms with Gasteiger partial charge in [-0.15, -0.1) is 0 Å². The second-order valence-electron chi connectivity index (χ2n) is 19.2. The number of rotatable bonds is 9. The van der Waals surface area contributed by atoms with E-state index in [0.717, 1.165) is 94.4 Å². The fourth-order valence-electron chi connectivity index (χ4n) is 11.6. The first-order valence-electron chi connectivity index (χ1n) is 25.7. The fourth-order valence-corrected chi connectivity index (χ4v) is 11.6. The van der Waals surface area contributed by atoms with Crippen molar-refractivity contribution in [3.8, 4) is 51.2 Å². The van der Waals surface area contributed by atoms with Crippen molar-refractivity contribution in [2.75, 3.05) is 4.90 Å². The Hall–Kier alpha value is -10.4. The zero-order valence-corrected chi connectivity index (χ0v) is 41.1. The molecule has 0 N–H and O–H groups in total. The van der Waals surface area contributed by atoms with Crippen LogP contribution in [0.3, 0.4) is 0 Å². The molecule has 76 heavy (non-hydrogen) atoms. The maximum atomic E-state index is 5.51. The predicted octanol–water partition coefficient (Wildman–Crippen LogP) is 17.6. The Kier molecular flexibility index (Phi) is 10.1. The summed E-state index contributed by atoms with van der Waals surface area (Å²) < 4.78 is 7.13. The number of fused-ring (bicyclic) bond motifs is 9. The highest BCUT2D eigenvalue weighted by Crippen LogP contribution is 2.43. The van der Waals surface area contributed by atoms with E-state index in [0.29, 0.717) is 17.5 Å². The van der Waals surface area contributed by atoms with Gasteiger partial charge in [0.15, 0.2) is 17.5 Å². The standard InChI is InChI=1S/C69H45N7/c1-4-22-46(23-5-1)67-70-68(55-32-14-20-38-63(55)75-61-36-18-12-30-53(61)57-44-49(40-42-65(57)75)73(47-24-6-2-7-25-47)48-26-8-3-9-27-48)72-69(71-67)56-33-15-21-39-64(56)76-62-37-19-13-31-54(62)58-45-50(41-43-66(58)76)74-59-34-16-10-28-51(59)52-29-11-17-35-60(52)74/h1-45H. The van der Waals surface area contributed by atoms with E-state index in [-0.39, 0.29) is 0 Å². The van der Waals surface area contributed by atoms with E-state index in [1.807, 2.05) is 18.2 Å². The molecule has 0 aliphatic carbocycles. The van der Waals surface area contributed by atoms with Crippen LogP contribution in [0.25, 0.3) is 117 Å². The molecule has 0 spiro atoms. The molecular weight excluding hydrogens is 927 g/mol. The van der Waals surface area contributed by atoms with Crippen molar-refractivity contribution in [1.29, 1.82) is 0 Å². The number of benzene rings is 11. The summed E-state index contributed by atoms with van der Waals surface area (Å²) in [5.41, 5.74) is 15.7. The molecule has 7 heteroatoms. The Morgan fingerprint density at radius 2 is 0.618 bits per heavy atom. The quantitative estimate of drug-likeness (QED) is 0.145. The molecule has 0 aliphatic rings. The van der Waals surface area contributed by atoms with Crippen molar-refractivity contribution in [3.63, 3.8) is 0 Å². The molecule has 11 aromatic carbocycles. The number of hydrogen-bond donors (Lipinski definition) is 0. The van der Waals surface area contributed by atoms with Crippen LogP contribution in [0.1, 0.15) is 0 Å². The van der Waals surface area contributed by atoms with Crippen LogP contribution in [-0.4, -0.2) is 28.7 Å². The molecule has 15 rings (SSSR count). The summed E-state index contributed by atoms with van der Waals surface area (Å²) in [6.45, 7) is 0. The van der Waals surface area contributed by atoms with E-state index in [9.17, 15) is 0 Å². The first-order valence-corrected chi connectivity index (χ1v) is 25.7. The molecule has 7 nitrogen and oxygen atoms in total. The van der Waals surface area contributed by atoms with E-state index in [4.69, 9.17) is 15.0 Å². The largest absolute Gasteiger partial charge is 0.310 e. The molecule has 0 unspecified atom stereocenters. The van der Waals surface area contributed by atoms with Crippen molar-refractivity contribution in [2.24, 2.45) is 0 Å². The van der Waals surface area contributed by atoms with Crippen LogP contribution in [0.4, 0.5) is 17.1 Å². The topological polar surface area (TPSA) is 56.7 Å². The van der Waals surface area contributed by atoms with Crippen molar-refractivity contribution in [2.45, 2.75) is 0 Å². The van der Waals surface area contributed by atoms with Gasteiger partial charge in [-0.05, 0) is 109 Å². The molecule has 4 aromatic heterocycles. The van der Waals surface area contributed by atoms with Gasteiger partial charge in [-0.3, -0.25) is 0 Å². The van der Waals surface area contributed by atoms with Crippen molar-refractivity contribution < 1.29 is 0 Å². The normalized spacial score (nSPS) is 11.7. The number of aromatic nitrogens is 6. The van der Waals surface area contributed by atoms with Gasteiger partial charge in [-0.2, -0.15) is 0 Å². The summed E-state index contributed by atoms with van der Waals surface area (Å²) in [6, 6.07) is 96.8. The van der Waals surface area contributed by atoms with Crippen LogP contribution >= 0.6 is 0 Å². The fraction of sp³-hybridized carbons (Fsp3) is 0. The van der Waals surface area contributed by atoms with Crippen LogP contribution < -0.4 is 4.90 Å². The molecule has 0 saturated heterocycles. The van der Waals surface area contributed by atoms with E-state index in [1.54, 1.807) is 0 Å². The second-order valence-corrected chi connectivity index (χ2v) is 19.2. The minimum atomic E-state index is 0.578. The molecule has 0 aliphatic heterocycles. The Morgan fingerprint density at radius 1 is 0.250 bits per heavy atom. The van der Waals surface area contributed by atoms with Crippen LogP contribution in [0.5, 0.6) is 0 Å². The molecule has 0 saturated carbocycles. The SMILES string of the molecule is c1ccc(-c2nc(-c3ccccc3-n3c4ccccc4c4cc(N(c5ccccc5)c5ccccc5)ccc43)nc(-c3ccccc3-n3c4ccccc4c4cc(-n5c6ccccc6c6ccccc65)ccc43)n2)cc1. The molecule has 0 amide bonds. The second kappa shape index (κ2) is 17.7. The van der Waals surface area contributed by atoms with Gasteiger partial charge in [-0.25, -0.2) is 15.0 Å². The van der Waals surface area contributed by atoms with Crippen molar-refractivity contribution in [3.05, 3.63) is 273 Å². The minimum absolute atomic E-state index is 0.578. The third kappa shape index (κ3) is 6.94. The van der Waals surface area contributed by atoms with E-state index in [2.05, 4.69) is 273 Å². The maximum Gasteiger partial charge on any atom is 0.166 e. The lowest BCUT2D eigenvalue weighted by atomic mass is 10.1. The smallest absolute Gasteiger partial charge is 0.166 e. The number of anilines is 3. The molecule has 0 atom stereocenters. The molecular formula is C69H45N7. The summed E-state index contributed by atoms with van der Waals surface area (Å²) in [5.74, 6) is 1.75. The highest BCUT2D eigenvalue weighted by Gasteiger charge is 2.24. The summed E-state index contributed by atoms with van der Waals surface area (Å²) in [4.78, 5) is 18.5. The zero-order valence-electron chi connectivity index (χ0n) is 41.1. The lowest BCUT2D eigenvalue weighted by Gasteiger charge is -2.25. The summed E-state index contributed by atoms with van der Waals surface area (Å²) in [6.07, 6.45) is 0. The van der Waals surface area contributed by atoms with Crippen molar-refractivity contribution in [1.82, 2.24) is 28.7 Å². The molecule has 0 bridgehead atoms. The number of para-hydroxylation sites is 8. The molecule has 0 fully saturated rings. The summed E-state index contributed by atoms with van der Waals surface area (Å²) >= 11 is 0. The van der Waals surface area contributed by atoms with E-state index in [1.165, 1.54) is 21.8 Å². The third-order valence-electron chi connectivity index (χ3n) is 14.9. The molecule has 15 aromatic rings. The number of hydrogen-bond acceptors (Lipinski definition) is 4. The lowest BCUT2D eigenvalue weighted by molar-refractivity contribution is 1.06. The van der Waals surface area contributed by atoms with Crippen LogP contribution in [-0.2, 0) is 0 Å². The summed E-state index contributed by atoms with van der Waals surface area (Å²) in [7, 11) is 0. The van der Waals surface area contributed by atoms with Crippen LogP contribution in [0, 0.1) is 0 Å². The zero-order chi connectivity index (χ0) is 50.1. The van der Waals surface area contributed by atoms with Gasteiger partial charge in [0.1, 0.15) is 0 Å². The highest BCUT2D eigenvalue weighted by atomic mass is 15.1. The lowest BCUT2D eigenvalue weighted by Crippen LogP contribution is -2.09. The first-order chi connectivity index (χ1) is 37.7. The minimum Gasteiger partial charge on any atom is -0.310 e. The van der Waals surface area contributed by atoms with Gasteiger partial charge < -0.3 is 18.6 Å². The Bertz CT molecular complexity index is 4610. The Labute approximate surface area is 438 Å². The average molecular weight is 972 g/mol.